The molecule has 2 aromatic heterocycles. The van der Waals surface area contributed by atoms with E-state index >= 15 is 0 Å². The van der Waals surface area contributed by atoms with Gasteiger partial charge in [-0.2, -0.15) is 0 Å². The van der Waals surface area contributed by atoms with E-state index < -0.39 is 5.91 Å². The number of thiazole rings is 1. The third kappa shape index (κ3) is 3.20. The Morgan fingerprint density at radius 3 is 3.04 bits per heavy atom. The van der Waals surface area contributed by atoms with Crippen molar-refractivity contribution in [1.82, 2.24) is 19.4 Å². The van der Waals surface area contributed by atoms with E-state index in [1.165, 1.54) is 11.3 Å². The van der Waals surface area contributed by atoms with Gasteiger partial charge in [-0.15, -0.1) is 11.3 Å². The maximum absolute atomic E-state index is 13.0. The predicted octanol–water partition coefficient (Wildman–Crippen LogP) is 2.00. The molecule has 0 spiro atoms. The van der Waals surface area contributed by atoms with Crippen molar-refractivity contribution < 1.29 is 9.59 Å². The highest BCUT2D eigenvalue weighted by atomic mass is 32.1. The number of rotatable bonds is 4. The van der Waals surface area contributed by atoms with Crippen molar-refractivity contribution in [3.05, 3.63) is 47.5 Å². The number of benzene rings is 1. The smallest absolute Gasteiger partial charge is 0.253 e. The van der Waals surface area contributed by atoms with Gasteiger partial charge in [0, 0.05) is 37.0 Å². The summed E-state index contributed by atoms with van der Waals surface area (Å²) in [7, 11) is 0. The lowest BCUT2D eigenvalue weighted by atomic mass is 9.96. The Morgan fingerprint density at radius 1 is 1.31 bits per heavy atom. The number of hydrogen-bond donors (Lipinski definition) is 1. The topological polar surface area (TPSA) is 94.1 Å². The van der Waals surface area contributed by atoms with Gasteiger partial charge in [0.1, 0.15) is 12.4 Å². The van der Waals surface area contributed by atoms with Crippen LogP contribution in [0.1, 0.15) is 34.9 Å². The van der Waals surface area contributed by atoms with Crippen molar-refractivity contribution in [2.24, 2.45) is 5.73 Å². The molecule has 1 saturated heterocycles. The number of likely N-dealkylation sites (tertiary alicyclic amines) is 1. The average molecular weight is 369 g/mol. The van der Waals surface area contributed by atoms with Gasteiger partial charge in [-0.1, -0.05) is 0 Å². The second kappa shape index (κ2) is 6.87. The monoisotopic (exact) mass is 369 g/mol. The Balaban J connectivity index is 1.53. The molecule has 3 aromatic rings. The molecule has 4 rings (SSSR count). The first-order chi connectivity index (χ1) is 12.6. The summed E-state index contributed by atoms with van der Waals surface area (Å²) in [4.78, 5) is 34.7. The molecule has 1 aliphatic rings. The van der Waals surface area contributed by atoms with Gasteiger partial charge < -0.3 is 15.2 Å². The minimum absolute atomic E-state index is 0.0259. The Kier molecular flexibility index (Phi) is 4.42. The van der Waals surface area contributed by atoms with Gasteiger partial charge in [0.05, 0.1) is 15.7 Å². The molecule has 1 atom stereocenters. The van der Waals surface area contributed by atoms with Crippen LogP contribution in [-0.4, -0.2) is 44.3 Å². The van der Waals surface area contributed by atoms with Gasteiger partial charge in [0.25, 0.3) is 5.91 Å². The SMILES string of the molecule is NC(=O)Cn1ccnc1[C@H]1CCCN(C(=O)c2ccc3ncsc3c2)C1. The van der Waals surface area contributed by atoms with E-state index in [-0.39, 0.29) is 18.4 Å². The second-order valence-electron chi connectivity index (χ2n) is 6.50. The van der Waals surface area contributed by atoms with Gasteiger partial charge in [0.2, 0.25) is 5.91 Å². The second-order valence-corrected chi connectivity index (χ2v) is 7.39. The first-order valence-corrected chi connectivity index (χ1v) is 9.41. The van der Waals surface area contributed by atoms with E-state index in [4.69, 9.17) is 5.73 Å². The van der Waals surface area contributed by atoms with E-state index in [0.717, 1.165) is 35.4 Å². The van der Waals surface area contributed by atoms with Crippen molar-refractivity contribution in [1.29, 1.82) is 0 Å². The fourth-order valence-corrected chi connectivity index (χ4v) is 4.24. The Bertz CT molecular complexity index is 963. The van der Waals surface area contributed by atoms with Crippen molar-refractivity contribution in [2.75, 3.05) is 13.1 Å². The first-order valence-electron chi connectivity index (χ1n) is 8.53. The van der Waals surface area contributed by atoms with E-state index in [1.807, 2.05) is 23.1 Å². The number of fused-ring (bicyclic) bond motifs is 1. The molecular weight excluding hydrogens is 350 g/mol. The summed E-state index contributed by atoms with van der Waals surface area (Å²) >= 11 is 1.53. The Labute approximate surface area is 154 Å². The van der Waals surface area contributed by atoms with Crippen molar-refractivity contribution in [2.45, 2.75) is 25.3 Å². The third-order valence-electron chi connectivity index (χ3n) is 4.73. The highest BCUT2D eigenvalue weighted by Gasteiger charge is 2.28. The minimum atomic E-state index is -0.397. The highest BCUT2D eigenvalue weighted by molar-refractivity contribution is 7.16. The number of primary amides is 1. The summed E-state index contributed by atoms with van der Waals surface area (Å²) in [5, 5.41) is 0. The summed E-state index contributed by atoms with van der Waals surface area (Å²) in [5.74, 6) is 0.553. The molecule has 1 aromatic carbocycles. The Morgan fingerprint density at radius 2 is 2.19 bits per heavy atom. The highest BCUT2D eigenvalue weighted by Crippen LogP contribution is 2.27. The molecule has 2 amide bonds. The standard InChI is InChI=1S/C18H19N5O2S/c19-16(24)10-22-7-5-20-17(22)13-2-1-6-23(9-13)18(25)12-3-4-14-15(8-12)26-11-21-14/h3-5,7-8,11,13H,1-2,6,9-10H2,(H2,19,24)/t13-/m0/s1. The summed E-state index contributed by atoms with van der Waals surface area (Å²) in [6.07, 6.45) is 5.28. The van der Waals surface area contributed by atoms with Crippen LogP contribution in [0.15, 0.2) is 36.1 Å². The van der Waals surface area contributed by atoms with Gasteiger partial charge >= 0.3 is 0 Å². The number of carbonyl (C=O) groups is 2. The molecule has 0 radical (unpaired) electrons. The number of amides is 2. The maximum atomic E-state index is 13.0. The first kappa shape index (κ1) is 16.7. The van der Waals surface area contributed by atoms with Gasteiger partial charge in [-0.25, -0.2) is 9.97 Å². The normalized spacial score (nSPS) is 17.5. The fraction of sp³-hybridized carbons (Fsp3) is 0.333. The molecule has 3 heterocycles. The zero-order valence-corrected chi connectivity index (χ0v) is 15.0. The molecule has 1 fully saturated rings. The average Bonchev–Trinajstić information content (AvgIpc) is 3.29. The number of hydrogen-bond acceptors (Lipinski definition) is 5. The van der Waals surface area contributed by atoms with Crippen LogP contribution in [0.2, 0.25) is 0 Å². The van der Waals surface area contributed by atoms with Crippen LogP contribution in [0.25, 0.3) is 10.2 Å². The van der Waals surface area contributed by atoms with Crippen molar-refractivity contribution >= 4 is 33.4 Å². The number of piperidine rings is 1. The fourth-order valence-electron chi connectivity index (χ4n) is 3.53. The van der Waals surface area contributed by atoms with Crippen LogP contribution >= 0.6 is 11.3 Å². The summed E-state index contributed by atoms with van der Waals surface area (Å²) in [6.45, 7) is 1.43. The molecule has 26 heavy (non-hydrogen) atoms. The minimum Gasteiger partial charge on any atom is -0.368 e. The van der Waals surface area contributed by atoms with Crippen molar-refractivity contribution in [3.63, 3.8) is 0 Å². The molecule has 7 nitrogen and oxygen atoms in total. The molecule has 0 saturated carbocycles. The van der Waals surface area contributed by atoms with Crippen LogP contribution in [0, 0.1) is 0 Å². The largest absolute Gasteiger partial charge is 0.368 e. The molecule has 1 aliphatic heterocycles. The number of nitrogens with zero attached hydrogens (tertiary/aromatic N) is 4. The zero-order chi connectivity index (χ0) is 18.1. The summed E-state index contributed by atoms with van der Waals surface area (Å²) in [6, 6.07) is 5.63. The lowest BCUT2D eigenvalue weighted by molar-refractivity contribution is -0.118. The molecule has 134 valence electrons. The predicted molar refractivity (Wildman–Crippen MR) is 98.9 cm³/mol. The van der Waals surface area contributed by atoms with Crippen LogP contribution in [0.4, 0.5) is 0 Å². The van der Waals surface area contributed by atoms with Gasteiger partial charge in [0.15, 0.2) is 0 Å². The number of imidazole rings is 1. The number of nitrogens with two attached hydrogens (primary N) is 1. The van der Waals surface area contributed by atoms with Gasteiger partial charge in [-0.05, 0) is 31.0 Å². The lowest BCUT2D eigenvalue weighted by Gasteiger charge is -2.32. The Hall–Kier alpha value is -2.74. The molecule has 0 aliphatic carbocycles. The van der Waals surface area contributed by atoms with Gasteiger partial charge in [-0.3, -0.25) is 9.59 Å². The quantitative estimate of drug-likeness (QED) is 0.761. The molecule has 2 N–H and O–H groups in total. The molecule has 8 heteroatoms. The lowest BCUT2D eigenvalue weighted by Crippen LogP contribution is -2.40. The maximum Gasteiger partial charge on any atom is 0.253 e. The molecular formula is C18H19N5O2S. The van der Waals surface area contributed by atoms with Crippen LogP contribution in [0.5, 0.6) is 0 Å². The van der Waals surface area contributed by atoms with E-state index in [9.17, 15) is 9.59 Å². The molecule has 0 unspecified atom stereocenters. The summed E-state index contributed by atoms with van der Waals surface area (Å²) in [5.41, 5.74) is 8.70. The zero-order valence-electron chi connectivity index (χ0n) is 14.2. The number of carbonyl (C=O) groups excluding carboxylic acids is 2. The number of aromatic nitrogens is 3. The third-order valence-corrected chi connectivity index (χ3v) is 5.52. The van der Waals surface area contributed by atoms with Crippen LogP contribution in [-0.2, 0) is 11.3 Å². The van der Waals surface area contributed by atoms with E-state index in [0.29, 0.717) is 12.1 Å². The van der Waals surface area contributed by atoms with E-state index in [1.54, 1.807) is 22.5 Å². The van der Waals surface area contributed by atoms with Crippen LogP contribution < -0.4 is 5.73 Å². The van der Waals surface area contributed by atoms with Crippen LogP contribution in [0.3, 0.4) is 0 Å². The van der Waals surface area contributed by atoms with E-state index in [2.05, 4.69) is 9.97 Å². The van der Waals surface area contributed by atoms with Crippen molar-refractivity contribution in [3.8, 4) is 0 Å². The molecule has 0 bridgehead atoms. The summed E-state index contributed by atoms with van der Waals surface area (Å²) < 4.78 is 2.80.